The van der Waals surface area contributed by atoms with Gasteiger partial charge in [0.25, 0.3) is 0 Å². The van der Waals surface area contributed by atoms with Crippen molar-refractivity contribution in [1.82, 2.24) is 0 Å². The molecule has 92 valence electrons. The van der Waals surface area contributed by atoms with Crippen molar-refractivity contribution in [3.05, 3.63) is 12.2 Å². The van der Waals surface area contributed by atoms with E-state index < -0.39 is 5.97 Å². The number of aliphatic carboxylic acids is 1. The maximum Gasteiger partial charge on any atom is 0.302 e. The molecule has 0 heterocycles. The number of carboxylic acid groups (broad SMARTS) is 1. The molecule has 0 aromatic rings. The third-order valence-corrected chi connectivity index (χ3v) is 0.932. The van der Waals surface area contributed by atoms with Gasteiger partial charge in [0.15, 0.2) is 0 Å². The molecule has 6 heteroatoms. The summed E-state index contributed by atoms with van der Waals surface area (Å²) in [6, 6.07) is 0. The number of hydrogen-bond donors (Lipinski definition) is 0. The number of hydrogen-bond acceptors (Lipinski definition) is 6. The quantitative estimate of drug-likeness (QED) is 0.475. The zero-order valence-corrected chi connectivity index (χ0v) is 9.52. The summed E-state index contributed by atoms with van der Waals surface area (Å²) in [5.41, 5.74) is 0. The molecule has 6 nitrogen and oxygen atoms in total. The van der Waals surface area contributed by atoms with Gasteiger partial charge in [-0.05, 0) is 19.1 Å². The van der Waals surface area contributed by atoms with Gasteiger partial charge in [0.05, 0.1) is 0 Å². The van der Waals surface area contributed by atoms with Crippen LogP contribution in [-0.2, 0) is 23.9 Å². The van der Waals surface area contributed by atoms with Crippen LogP contribution in [0.1, 0.15) is 20.8 Å². The summed E-state index contributed by atoms with van der Waals surface area (Å²) < 4.78 is 9.17. The Hall–Kier alpha value is -1.85. The molecular formula is C10H15O6-. The summed E-state index contributed by atoms with van der Waals surface area (Å²) in [4.78, 5) is 29.4. The van der Waals surface area contributed by atoms with Crippen molar-refractivity contribution >= 4 is 17.9 Å². The van der Waals surface area contributed by atoms with E-state index in [1.807, 2.05) is 0 Å². The lowest BCUT2D eigenvalue weighted by atomic mass is 10.5. The first-order valence-corrected chi connectivity index (χ1v) is 4.45. The molecule has 0 bridgehead atoms. The second-order valence-electron chi connectivity index (χ2n) is 2.57. The van der Waals surface area contributed by atoms with E-state index in [1.54, 1.807) is 12.2 Å². The third-order valence-electron chi connectivity index (χ3n) is 0.932. The topological polar surface area (TPSA) is 92.7 Å². The number of rotatable bonds is 4. The Morgan fingerprint density at radius 3 is 1.38 bits per heavy atom. The van der Waals surface area contributed by atoms with Gasteiger partial charge >= 0.3 is 11.9 Å². The molecule has 0 rings (SSSR count). The van der Waals surface area contributed by atoms with Crippen LogP contribution in [0.4, 0.5) is 0 Å². The smallest absolute Gasteiger partial charge is 0.302 e. The van der Waals surface area contributed by atoms with E-state index in [1.165, 1.54) is 13.8 Å². The Kier molecular flexibility index (Phi) is 11.6. The van der Waals surface area contributed by atoms with Crippen molar-refractivity contribution in [2.75, 3.05) is 13.2 Å². The Bertz CT molecular complexity index is 232. The Morgan fingerprint density at radius 1 is 0.938 bits per heavy atom. The molecule has 0 aliphatic carbocycles. The molecule has 0 aromatic heterocycles. The Labute approximate surface area is 93.8 Å². The first kappa shape index (κ1) is 16.6. The number of esters is 2. The predicted octanol–water partition coefficient (Wildman–Crippen LogP) is -0.575. The molecular weight excluding hydrogens is 216 g/mol. The van der Waals surface area contributed by atoms with Crippen LogP contribution in [0.3, 0.4) is 0 Å². The molecule has 0 spiro atoms. The summed E-state index contributed by atoms with van der Waals surface area (Å²) >= 11 is 0. The third kappa shape index (κ3) is 29.5. The standard InChI is InChI=1S/C8H12O4.C2H4O2/c1-7(9)11-5-3-4-6-12-8(2)10;1-2(3)4/h3-4H,5-6H2,1-2H3;1H3,(H,3,4)/p-1/b4-3+;. The van der Waals surface area contributed by atoms with Crippen LogP contribution < -0.4 is 5.11 Å². The number of carboxylic acids is 1. The zero-order chi connectivity index (χ0) is 13.0. The molecule has 0 saturated carbocycles. The van der Waals surface area contributed by atoms with Crippen LogP contribution in [0, 0.1) is 0 Å². The highest BCUT2D eigenvalue weighted by molar-refractivity contribution is 5.66. The Morgan fingerprint density at radius 2 is 1.19 bits per heavy atom. The lowest BCUT2D eigenvalue weighted by molar-refractivity contribution is -0.302. The average molecular weight is 231 g/mol. The van der Waals surface area contributed by atoms with E-state index in [4.69, 9.17) is 9.90 Å². The first-order chi connectivity index (χ1) is 7.36. The van der Waals surface area contributed by atoms with Gasteiger partial charge in [0.2, 0.25) is 0 Å². The second-order valence-corrected chi connectivity index (χ2v) is 2.57. The maximum atomic E-state index is 10.2. The lowest BCUT2D eigenvalue weighted by Gasteiger charge is -1.96. The summed E-state index contributed by atoms with van der Waals surface area (Å²) in [5.74, 6) is -1.74. The second kappa shape index (κ2) is 11.2. The van der Waals surface area contributed by atoms with Gasteiger partial charge in [-0.1, -0.05) is 0 Å². The van der Waals surface area contributed by atoms with Crippen LogP contribution in [0.5, 0.6) is 0 Å². The van der Waals surface area contributed by atoms with E-state index >= 15 is 0 Å². The van der Waals surface area contributed by atoms with Gasteiger partial charge in [0, 0.05) is 19.8 Å². The highest BCUT2D eigenvalue weighted by atomic mass is 16.5. The average Bonchev–Trinajstić information content (AvgIpc) is 2.09. The molecule has 0 aromatic carbocycles. The lowest BCUT2D eigenvalue weighted by Crippen LogP contribution is -2.16. The highest BCUT2D eigenvalue weighted by Crippen LogP contribution is 1.81. The van der Waals surface area contributed by atoms with Crippen LogP contribution >= 0.6 is 0 Å². The van der Waals surface area contributed by atoms with Gasteiger partial charge in [-0.2, -0.15) is 0 Å². The molecule has 0 fully saturated rings. The summed E-state index contributed by atoms with van der Waals surface area (Å²) in [6.45, 7) is 4.08. The largest absolute Gasteiger partial charge is 0.550 e. The maximum absolute atomic E-state index is 10.2. The van der Waals surface area contributed by atoms with Crippen LogP contribution in [0.15, 0.2) is 12.2 Å². The highest BCUT2D eigenvalue weighted by Gasteiger charge is 1.88. The fraction of sp³-hybridized carbons (Fsp3) is 0.500. The van der Waals surface area contributed by atoms with Gasteiger partial charge in [-0.15, -0.1) is 0 Å². The van der Waals surface area contributed by atoms with Crippen molar-refractivity contribution in [2.24, 2.45) is 0 Å². The predicted molar refractivity (Wildman–Crippen MR) is 53.1 cm³/mol. The van der Waals surface area contributed by atoms with Crippen LogP contribution in [0.2, 0.25) is 0 Å². The van der Waals surface area contributed by atoms with Gasteiger partial charge in [-0.25, -0.2) is 0 Å². The molecule has 0 saturated heterocycles. The molecule has 16 heavy (non-hydrogen) atoms. The molecule has 0 radical (unpaired) electrons. The summed E-state index contributed by atoms with van der Waals surface area (Å²) in [7, 11) is 0. The molecule has 0 N–H and O–H groups in total. The van der Waals surface area contributed by atoms with Crippen molar-refractivity contribution in [3.8, 4) is 0 Å². The zero-order valence-electron chi connectivity index (χ0n) is 9.52. The molecule has 0 atom stereocenters. The van der Waals surface area contributed by atoms with Gasteiger partial charge in [-0.3, -0.25) is 9.59 Å². The van der Waals surface area contributed by atoms with Gasteiger partial charge < -0.3 is 19.4 Å². The van der Waals surface area contributed by atoms with E-state index in [-0.39, 0.29) is 25.2 Å². The molecule has 0 aliphatic heterocycles. The SMILES string of the molecule is CC(=O)OC/C=C/COC(C)=O.CC(=O)[O-]. The number of ether oxygens (including phenoxy) is 2. The summed E-state index contributed by atoms with van der Waals surface area (Å²) in [5, 5.41) is 8.89. The van der Waals surface area contributed by atoms with E-state index in [9.17, 15) is 9.59 Å². The van der Waals surface area contributed by atoms with Crippen molar-refractivity contribution in [1.29, 1.82) is 0 Å². The minimum Gasteiger partial charge on any atom is -0.550 e. The number of carbonyl (C=O) groups is 3. The van der Waals surface area contributed by atoms with Crippen LogP contribution in [0.25, 0.3) is 0 Å². The van der Waals surface area contributed by atoms with E-state index in [2.05, 4.69) is 9.47 Å². The van der Waals surface area contributed by atoms with Crippen LogP contribution in [-0.4, -0.2) is 31.1 Å². The fourth-order valence-corrected chi connectivity index (χ4v) is 0.467. The normalized spacial score (nSPS) is 8.94. The minimum absolute atomic E-state index is 0.219. The molecule has 0 unspecified atom stereocenters. The first-order valence-electron chi connectivity index (χ1n) is 4.45. The van der Waals surface area contributed by atoms with Gasteiger partial charge in [0.1, 0.15) is 13.2 Å². The fourth-order valence-electron chi connectivity index (χ4n) is 0.467. The Balaban J connectivity index is 0. The van der Waals surface area contributed by atoms with Crippen molar-refractivity contribution in [2.45, 2.75) is 20.8 Å². The monoisotopic (exact) mass is 231 g/mol. The molecule has 0 aliphatic rings. The van der Waals surface area contributed by atoms with E-state index in [0.717, 1.165) is 6.92 Å². The minimum atomic E-state index is -1.08. The van der Waals surface area contributed by atoms with E-state index in [0.29, 0.717) is 0 Å². The van der Waals surface area contributed by atoms with Crippen molar-refractivity contribution < 1.29 is 29.0 Å². The molecule has 0 amide bonds. The number of carbonyl (C=O) groups excluding carboxylic acids is 3. The van der Waals surface area contributed by atoms with Crippen molar-refractivity contribution in [3.63, 3.8) is 0 Å². The summed E-state index contributed by atoms with van der Waals surface area (Å²) in [6.07, 6.45) is 3.23.